The number of carboxylic acids is 1. The van der Waals surface area contributed by atoms with Crippen LogP contribution in [0.4, 0.5) is 0 Å². The molecule has 9 nitrogen and oxygen atoms in total. The summed E-state index contributed by atoms with van der Waals surface area (Å²) in [7, 11) is 7.94. The topological polar surface area (TPSA) is 90.3 Å². The molecule has 0 spiro atoms. The van der Waals surface area contributed by atoms with Crippen LogP contribution in [-0.4, -0.2) is 67.4 Å². The van der Waals surface area contributed by atoms with Crippen LogP contribution in [0.25, 0.3) is 32.8 Å². The molecule has 1 aliphatic heterocycles. The monoisotopic (exact) mass is 728 g/mol. The molecule has 3 aromatic heterocycles. The molecule has 12 heteroatoms. The van der Waals surface area contributed by atoms with Gasteiger partial charge in [-0.1, -0.05) is 41.9 Å². The van der Waals surface area contributed by atoms with E-state index in [4.69, 9.17) is 26.5 Å². The van der Waals surface area contributed by atoms with Gasteiger partial charge in [-0.25, -0.2) is 4.79 Å². The first-order valence-corrected chi connectivity index (χ1v) is 19.2. The summed E-state index contributed by atoms with van der Waals surface area (Å²) in [4.78, 5) is 16.1. The van der Waals surface area contributed by atoms with Crippen molar-refractivity contribution in [2.24, 2.45) is 14.1 Å². The van der Waals surface area contributed by atoms with Gasteiger partial charge in [0.2, 0.25) is 0 Å². The van der Waals surface area contributed by atoms with Crippen LogP contribution >= 0.6 is 35.1 Å². The number of halogens is 1. The van der Waals surface area contributed by atoms with E-state index in [1.165, 1.54) is 5.69 Å². The molecule has 8 bridgehead atoms. The molecule has 260 valence electrons. The highest BCUT2D eigenvalue weighted by Gasteiger charge is 2.27. The normalized spacial score (nSPS) is 14.2. The van der Waals surface area contributed by atoms with E-state index < -0.39 is 5.97 Å². The highest BCUT2D eigenvalue weighted by molar-refractivity contribution is 7.98. The number of likely N-dealkylation sites (N-methyl/N-ethyl adjacent to an activating group) is 1. The van der Waals surface area contributed by atoms with E-state index in [1.54, 1.807) is 28.1 Å². The van der Waals surface area contributed by atoms with E-state index in [0.717, 1.165) is 90.7 Å². The number of aromatic carboxylic acids is 1. The van der Waals surface area contributed by atoms with Crippen molar-refractivity contribution in [3.05, 3.63) is 93.7 Å². The van der Waals surface area contributed by atoms with Gasteiger partial charge in [0.25, 0.3) is 0 Å². The Kier molecular flexibility index (Phi) is 9.93. The third kappa shape index (κ3) is 6.64. The van der Waals surface area contributed by atoms with Gasteiger partial charge in [-0.15, -0.1) is 23.5 Å². The lowest BCUT2D eigenvalue weighted by atomic mass is 9.98. The zero-order chi connectivity index (χ0) is 35.1. The Balaban J connectivity index is 1.35. The number of carbonyl (C=O) groups is 1. The Hall–Kier alpha value is -3.90. The van der Waals surface area contributed by atoms with E-state index in [2.05, 4.69) is 54.0 Å². The summed E-state index contributed by atoms with van der Waals surface area (Å²) >= 11 is 10.6. The summed E-state index contributed by atoms with van der Waals surface area (Å²) in [5.74, 6) is 2.03. The lowest BCUT2D eigenvalue weighted by molar-refractivity contribution is 0.0685. The molecular weight excluding hydrogens is 688 g/mol. The van der Waals surface area contributed by atoms with Gasteiger partial charge in [0.1, 0.15) is 11.4 Å². The summed E-state index contributed by atoms with van der Waals surface area (Å²) in [6.45, 7) is 4.18. The first-order valence-electron chi connectivity index (χ1n) is 16.7. The lowest BCUT2D eigenvalue weighted by Crippen LogP contribution is -2.20. The second-order valence-corrected chi connectivity index (χ2v) is 15.5. The summed E-state index contributed by atoms with van der Waals surface area (Å²) in [5, 5.41) is 24.1. The molecule has 0 saturated carbocycles. The van der Waals surface area contributed by atoms with Crippen LogP contribution < -0.4 is 4.74 Å². The van der Waals surface area contributed by atoms with Gasteiger partial charge in [0, 0.05) is 76.1 Å². The van der Waals surface area contributed by atoms with Crippen LogP contribution in [-0.2, 0) is 44.3 Å². The van der Waals surface area contributed by atoms with Crippen molar-refractivity contribution >= 4 is 62.8 Å². The third-order valence-corrected chi connectivity index (χ3v) is 11.7. The molecule has 0 saturated heterocycles. The van der Waals surface area contributed by atoms with Gasteiger partial charge in [0.15, 0.2) is 0 Å². The smallest absolute Gasteiger partial charge is 0.352 e. The van der Waals surface area contributed by atoms with Crippen molar-refractivity contribution in [3.8, 4) is 16.9 Å². The molecule has 4 heterocycles. The van der Waals surface area contributed by atoms with E-state index in [9.17, 15) is 9.90 Å². The van der Waals surface area contributed by atoms with Crippen LogP contribution in [0.1, 0.15) is 45.2 Å². The average Bonchev–Trinajstić information content (AvgIpc) is 3.71. The highest BCUT2D eigenvalue weighted by atomic mass is 35.5. The number of ether oxygens (including phenoxy) is 1. The maximum absolute atomic E-state index is 12.8. The van der Waals surface area contributed by atoms with Gasteiger partial charge in [-0.2, -0.15) is 10.2 Å². The SMILES string of the molecule is Cc1c2c(nn1C)CSCc1cc(nn1CCN(C)C)CSc1cc(c3ccccc3c1)OCCCc1c(C(=O)O)n(C)c3c-2c(Cl)ccc13. The Morgan fingerprint density at radius 3 is 2.64 bits per heavy atom. The first kappa shape index (κ1) is 34.5. The van der Waals surface area contributed by atoms with Gasteiger partial charge < -0.3 is 19.3 Å². The van der Waals surface area contributed by atoms with Gasteiger partial charge >= 0.3 is 5.97 Å². The van der Waals surface area contributed by atoms with Crippen LogP contribution in [0, 0.1) is 6.92 Å². The minimum Gasteiger partial charge on any atom is -0.493 e. The van der Waals surface area contributed by atoms with Crippen molar-refractivity contribution in [1.29, 1.82) is 0 Å². The number of hydrogen-bond acceptors (Lipinski definition) is 7. The Bertz CT molecular complexity index is 2240. The van der Waals surface area contributed by atoms with E-state index in [0.29, 0.717) is 30.2 Å². The number of rotatable bonds is 4. The molecule has 0 atom stereocenters. The molecule has 1 N–H and O–H groups in total. The molecule has 6 aromatic rings. The Morgan fingerprint density at radius 1 is 1.02 bits per heavy atom. The third-order valence-electron chi connectivity index (χ3n) is 9.44. The molecule has 7 rings (SSSR count). The lowest BCUT2D eigenvalue weighted by Gasteiger charge is -2.13. The molecular formula is C38H41ClN6O3S2. The number of hydrogen-bond donors (Lipinski definition) is 1. The molecule has 0 amide bonds. The first-order chi connectivity index (χ1) is 24.1. The zero-order valence-electron chi connectivity index (χ0n) is 29.0. The van der Waals surface area contributed by atoms with Crippen molar-refractivity contribution < 1.29 is 14.6 Å². The van der Waals surface area contributed by atoms with Crippen LogP contribution in [0.2, 0.25) is 5.02 Å². The fraction of sp³-hybridized carbons (Fsp3) is 0.342. The van der Waals surface area contributed by atoms with Crippen molar-refractivity contribution in [3.63, 3.8) is 0 Å². The molecule has 3 aromatic carbocycles. The van der Waals surface area contributed by atoms with Crippen molar-refractivity contribution in [2.75, 3.05) is 27.2 Å². The average molecular weight is 729 g/mol. The Labute approximate surface area is 305 Å². The zero-order valence-corrected chi connectivity index (χ0v) is 31.4. The van der Waals surface area contributed by atoms with Gasteiger partial charge in [-0.3, -0.25) is 9.36 Å². The van der Waals surface area contributed by atoms with Crippen LogP contribution in [0.15, 0.2) is 59.5 Å². The molecule has 0 unspecified atom stereocenters. The number of thioether (sulfide) groups is 2. The van der Waals surface area contributed by atoms with Crippen LogP contribution in [0.3, 0.4) is 0 Å². The van der Waals surface area contributed by atoms with E-state index in [-0.39, 0.29) is 5.69 Å². The van der Waals surface area contributed by atoms with E-state index >= 15 is 0 Å². The number of benzene rings is 3. The van der Waals surface area contributed by atoms with Crippen molar-refractivity contribution in [1.82, 2.24) is 29.0 Å². The molecule has 0 radical (unpaired) electrons. The second-order valence-electron chi connectivity index (χ2n) is 13.1. The predicted molar refractivity (Wildman–Crippen MR) is 205 cm³/mol. The van der Waals surface area contributed by atoms with Crippen LogP contribution in [0.5, 0.6) is 5.75 Å². The summed E-state index contributed by atoms with van der Waals surface area (Å²) < 4.78 is 12.3. The maximum Gasteiger partial charge on any atom is 0.352 e. The van der Waals surface area contributed by atoms with E-state index in [1.807, 2.05) is 50.0 Å². The van der Waals surface area contributed by atoms with Crippen molar-refractivity contribution in [2.45, 2.75) is 48.5 Å². The fourth-order valence-electron chi connectivity index (χ4n) is 6.95. The summed E-state index contributed by atoms with van der Waals surface area (Å²) in [6, 6.07) is 18.7. The maximum atomic E-state index is 12.8. The predicted octanol–water partition coefficient (Wildman–Crippen LogP) is 8.20. The number of nitrogens with zero attached hydrogens (tertiary/aromatic N) is 6. The molecule has 0 fully saturated rings. The highest BCUT2D eigenvalue weighted by Crippen LogP contribution is 2.43. The molecule has 1 aliphatic rings. The quantitative estimate of drug-likeness (QED) is 0.194. The largest absolute Gasteiger partial charge is 0.493 e. The van der Waals surface area contributed by atoms with Gasteiger partial charge in [0.05, 0.1) is 35.1 Å². The van der Waals surface area contributed by atoms with Gasteiger partial charge in [-0.05, 0) is 69.1 Å². The standard InChI is InChI=1S/C38H41ClN6O3S2/c1-23-34-32(41-44(23)5)22-49-21-26-18-25(40-45(26)15-14-42(2)3)20-50-27-17-24-9-6-7-10-28(24)33(19-27)48-16-8-11-29-30-12-13-31(39)35(34)36(30)43(4)37(29)38(46)47/h6-7,9-10,12-13,17-19H,8,11,14-16,20-22H2,1-5H3,(H,46,47). The second kappa shape index (κ2) is 14.4. The number of carboxylic acid groups (broad SMARTS) is 1. The number of aryl methyl sites for hydroxylation is 3. The number of aromatic nitrogens is 5. The minimum absolute atomic E-state index is 0.272. The molecule has 50 heavy (non-hydrogen) atoms. The number of fused-ring (bicyclic) bond motifs is 8. The minimum atomic E-state index is -0.962. The summed E-state index contributed by atoms with van der Waals surface area (Å²) in [5.41, 5.74) is 7.77. The fourth-order valence-corrected chi connectivity index (χ4v) is 8.99. The summed E-state index contributed by atoms with van der Waals surface area (Å²) in [6.07, 6.45) is 1.18. The molecule has 0 aliphatic carbocycles. The Morgan fingerprint density at radius 2 is 1.84 bits per heavy atom.